The number of pyridine rings is 1. The molecule has 6 heteroatoms. The van der Waals surface area contributed by atoms with Crippen LogP contribution < -0.4 is 10.6 Å². The standard InChI is InChI=1S/C17H25N5O/c1-10(2)22-16-14(9-19-22)13(7-12(4)20-16)17(23)21-15-5-6-18-8-11(15)3/h7,9-11,15,18H,5-6,8H2,1-4H3,(H,21,23). The van der Waals surface area contributed by atoms with E-state index >= 15 is 0 Å². The average molecular weight is 315 g/mol. The van der Waals surface area contributed by atoms with Gasteiger partial charge in [-0.2, -0.15) is 5.10 Å². The minimum atomic E-state index is -0.0254. The van der Waals surface area contributed by atoms with Gasteiger partial charge in [0.25, 0.3) is 5.91 Å². The Kier molecular flexibility index (Phi) is 4.35. The van der Waals surface area contributed by atoms with Crippen LogP contribution in [0.3, 0.4) is 0 Å². The molecule has 2 N–H and O–H groups in total. The fraction of sp³-hybridized carbons (Fsp3) is 0.588. The van der Waals surface area contributed by atoms with Crippen molar-refractivity contribution in [1.29, 1.82) is 0 Å². The molecule has 0 aliphatic carbocycles. The van der Waals surface area contributed by atoms with E-state index in [1.165, 1.54) is 0 Å². The Morgan fingerprint density at radius 2 is 2.26 bits per heavy atom. The van der Waals surface area contributed by atoms with Crippen LogP contribution in [-0.2, 0) is 0 Å². The topological polar surface area (TPSA) is 71.8 Å². The lowest BCUT2D eigenvalue weighted by Crippen LogP contribution is -2.48. The maximum Gasteiger partial charge on any atom is 0.252 e. The van der Waals surface area contributed by atoms with E-state index in [-0.39, 0.29) is 18.0 Å². The number of rotatable bonds is 3. The second kappa shape index (κ2) is 6.28. The summed E-state index contributed by atoms with van der Waals surface area (Å²) in [6, 6.07) is 2.28. The fourth-order valence-electron chi connectivity index (χ4n) is 3.18. The first-order valence-corrected chi connectivity index (χ1v) is 8.34. The molecule has 2 atom stereocenters. The number of carbonyl (C=O) groups excluding carboxylic acids is 1. The van der Waals surface area contributed by atoms with Crippen LogP contribution in [0, 0.1) is 12.8 Å². The van der Waals surface area contributed by atoms with E-state index in [1.807, 2.05) is 17.7 Å². The van der Waals surface area contributed by atoms with Crippen LogP contribution in [0.1, 0.15) is 49.3 Å². The normalized spacial score (nSPS) is 21.8. The summed E-state index contributed by atoms with van der Waals surface area (Å²) >= 11 is 0. The van der Waals surface area contributed by atoms with Crippen LogP contribution >= 0.6 is 0 Å². The third-order valence-electron chi connectivity index (χ3n) is 4.53. The molecule has 1 saturated heterocycles. The van der Waals surface area contributed by atoms with Gasteiger partial charge in [0.1, 0.15) is 0 Å². The molecule has 23 heavy (non-hydrogen) atoms. The van der Waals surface area contributed by atoms with E-state index in [0.29, 0.717) is 11.5 Å². The Bertz CT molecular complexity index is 721. The summed E-state index contributed by atoms with van der Waals surface area (Å²) in [6.07, 6.45) is 2.72. The van der Waals surface area contributed by atoms with Crippen molar-refractivity contribution in [3.8, 4) is 0 Å². The quantitative estimate of drug-likeness (QED) is 0.909. The van der Waals surface area contributed by atoms with Crippen LogP contribution in [0.25, 0.3) is 11.0 Å². The number of nitrogens with one attached hydrogen (secondary N) is 2. The van der Waals surface area contributed by atoms with Gasteiger partial charge in [-0.15, -0.1) is 0 Å². The first-order valence-electron chi connectivity index (χ1n) is 8.34. The first-order chi connectivity index (χ1) is 11.0. The Labute approximate surface area is 136 Å². The summed E-state index contributed by atoms with van der Waals surface area (Å²) in [5.41, 5.74) is 2.29. The highest BCUT2D eigenvalue weighted by molar-refractivity contribution is 6.05. The predicted molar refractivity (Wildman–Crippen MR) is 90.6 cm³/mol. The molecule has 2 aromatic rings. The number of nitrogens with zero attached hydrogens (tertiary/aromatic N) is 3. The van der Waals surface area contributed by atoms with Crippen LogP contribution in [-0.4, -0.2) is 39.8 Å². The summed E-state index contributed by atoms with van der Waals surface area (Å²) in [4.78, 5) is 17.4. The highest BCUT2D eigenvalue weighted by Crippen LogP contribution is 2.21. The molecule has 3 rings (SSSR count). The molecular weight excluding hydrogens is 290 g/mol. The molecule has 3 heterocycles. The fourth-order valence-corrected chi connectivity index (χ4v) is 3.18. The predicted octanol–water partition coefficient (Wildman–Crippen LogP) is 2.05. The van der Waals surface area contributed by atoms with Crippen LogP contribution in [0.5, 0.6) is 0 Å². The summed E-state index contributed by atoms with van der Waals surface area (Å²) in [7, 11) is 0. The third kappa shape index (κ3) is 3.08. The molecule has 0 bridgehead atoms. The van der Waals surface area contributed by atoms with Crippen molar-refractivity contribution in [2.45, 2.75) is 46.2 Å². The summed E-state index contributed by atoms with van der Waals surface area (Å²) < 4.78 is 1.87. The molecule has 1 fully saturated rings. The number of hydrogen-bond acceptors (Lipinski definition) is 4. The van der Waals surface area contributed by atoms with Crippen molar-refractivity contribution in [2.24, 2.45) is 5.92 Å². The van der Waals surface area contributed by atoms with Gasteiger partial charge < -0.3 is 10.6 Å². The number of amides is 1. The van der Waals surface area contributed by atoms with E-state index < -0.39 is 0 Å². The van der Waals surface area contributed by atoms with Gasteiger partial charge >= 0.3 is 0 Å². The van der Waals surface area contributed by atoms with Crippen molar-refractivity contribution < 1.29 is 4.79 Å². The van der Waals surface area contributed by atoms with Gasteiger partial charge in [0.05, 0.1) is 17.1 Å². The number of aromatic nitrogens is 3. The zero-order valence-corrected chi connectivity index (χ0v) is 14.3. The minimum absolute atomic E-state index is 0.0254. The van der Waals surface area contributed by atoms with Crippen molar-refractivity contribution in [1.82, 2.24) is 25.4 Å². The van der Waals surface area contributed by atoms with Gasteiger partial charge in [-0.3, -0.25) is 4.79 Å². The van der Waals surface area contributed by atoms with E-state index in [1.54, 1.807) is 6.20 Å². The Hall–Kier alpha value is -1.95. The Morgan fingerprint density at radius 1 is 1.48 bits per heavy atom. The maximum atomic E-state index is 12.8. The average Bonchev–Trinajstić information content (AvgIpc) is 2.92. The highest BCUT2D eigenvalue weighted by Gasteiger charge is 2.24. The van der Waals surface area contributed by atoms with Crippen molar-refractivity contribution in [2.75, 3.05) is 13.1 Å². The van der Waals surface area contributed by atoms with Gasteiger partial charge in [-0.05, 0) is 52.3 Å². The Balaban J connectivity index is 1.94. The number of aryl methyl sites for hydroxylation is 1. The van der Waals surface area contributed by atoms with Gasteiger partial charge in [0.15, 0.2) is 5.65 Å². The molecule has 2 aromatic heterocycles. The number of hydrogen-bond donors (Lipinski definition) is 2. The molecular formula is C17H25N5O. The molecule has 2 unspecified atom stereocenters. The van der Waals surface area contributed by atoms with Crippen molar-refractivity contribution >= 4 is 16.9 Å². The second-order valence-corrected chi connectivity index (χ2v) is 6.78. The number of piperidine rings is 1. The van der Waals surface area contributed by atoms with Crippen LogP contribution in [0.2, 0.25) is 0 Å². The van der Waals surface area contributed by atoms with Crippen molar-refractivity contribution in [3.63, 3.8) is 0 Å². The van der Waals surface area contributed by atoms with Gasteiger partial charge in [0.2, 0.25) is 0 Å². The lowest BCUT2D eigenvalue weighted by molar-refractivity contribution is 0.0915. The first kappa shape index (κ1) is 15.9. The minimum Gasteiger partial charge on any atom is -0.349 e. The molecule has 124 valence electrons. The molecule has 0 radical (unpaired) electrons. The summed E-state index contributed by atoms with van der Waals surface area (Å²) in [5.74, 6) is 0.409. The lowest BCUT2D eigenvalue weighted by Gasteiger charge is -2.30. The number of carbonyl (C=O) groups is 1. The second-order valence-electron chi connectivity index (χ2n) is 6.78. The van der Waals surface area contributed by atoms with Gasteiger partial charge in [-0.1, -0.05) is 6.92 Å². The smallest absolute Gasteiger partial charge is 0.252 e. The largest absolute Gasteiger partial charge is 0.349 e. The van der Waals surface area contributed by atoms with Crippen LogP contribution in [0.15, 0.2) is 12.3 Å². The van der Waals surface area contributed by atoms with E-state index in [0.717, 1.165) is 36.2 Å². The van der Waals surface area contributed by atoms with E-state index in [4.69, 9.17) is 0 Å². The van der Waals surface area contributed by atoms with E-state index in [9.17, 15) is 4.79 Å². The molecule has 1 aliphatic heterocycles. The maximum absolute atomic E-state index is 12.8. The lowest BCUT2D eigenvalue weighted by atomic mass is 9.95. The molecule has 1 aliphatic rings. The SMILES string of the molecule is Cc1cc(C(=O)NC2CCNCC2C)c2cnn(C(C)C)c2n1. The van der Waals surface area contributed by atoms with E-state index in [2.05, 4.69) is 41.5 Å². The molecule has 1 amide bonds. The van der Waals surface area contributed by atoms with Gasteiger partial charge in [0, 0.05) is 17.8 Å². The van der Waals surface area contributed by atoms with Crippen molar-refractivity contribution in [3.05, 3.63) is 23.5 Å². The van der Waals surface area contributed by atoms with Crippen LogP contribution in [0.4, 0.5) is 0 Å². The molecule has 0 saturated carbocycles. The Morgan fingerprint density at radius 3 is 2.96 bits per heavy atom. The molecule has 6 nitrogen and oxygen atoms in total. The summed E-state index contributed by atoms with van der Waals surface area (Å²) in [5, 5.41) is 11.8. The zero-order valence-electron chi connectivity index (χ0n) is 14.3. The molecule has 0 aromatic carbocycles. The number of fused-ring (bicyclic) bond motifs is 1. The molecule has 0 spiro atoms. The highest BCUT2D eigenvalue weighted by atomic mass is 16.1. The summed E-state index contributed by atoms with van der Waals surface area (Å²) in [6.45, 7) is 10.1. The van der Waals surface area contributed by atoms with Gasteiger partial charge in [-0.25, -0.2) is 9.67 Å². The zero-order chi connectivity index (χ0) is 16.6. The monoisotopic (exact) mass is 315 g/mol. The third-order valence-corrected chi connectivity index (χ3v) is 4.53.